The van der Waals surface area contributed by atoms with Crippen LogP contribution in [0.4, 0.5) is 0 Å². The number of hydroxylamine groups is 1. The fourth-order valence-electron chi connectivity index (χ4n) is 1.60. The fraction of sp³-hybridized carbons (Fsp3) is 0.778. The third kappa shape index (κ3) is 3.49. The maximum Gasteiger partial charge on any atom is 0.249 e. The third-order valence-corrected chi connectivity index (χ3v) is 2.34. The van der Waals surface area contributed by atoms with Crippen molar-refractivity contribution in [1.29, 1.82) is 0 Å². The molecule has 0 radical (unpaired) electrons. The van der Waals surface area contributed by atoms with Crippen molar-refractivity contribution in [3.63, 3.8) is 0 Å². The summed E-state index contributed by atoms with van der Waals surface area (Å²) in [5.74, 6) is -1.06. The fourth-order valence-corrected chi connectivity index (χ4v) is 1.60. The van der Waals surface area contributed by atoms with Crippen LogP contribution in [0.2, 0.25) is 0 Å². The van der Waals surface area contributed by atoms with Crippen molar-refractivity contribution in [2.24, 2.45) is 11.7 Å². The molecule has 6 heteroatoms. The molecular formula is C9H16N2O4. The molecule has 2 atom stereocenters. The van der Waals surface area contributed by atoms with E-state index in [1.807, 2.05) is 6.92 Å². The van der Waals surface area contributed by atoms with E-state index in [0.29, 0.717) is 13.0 Å². The summed E-state index contributed by atoms with van der Waals surface area (Å²) in [4.78, 5) is 26.5. The van der Waals surface area contributed by atoms with E-state index in [1.165, 1.54) is 0 Å². The van der Waals surface area contributed by atoms with Gasteiger partial charge in [0.2, 0.25) is 11.8 Å². The Morgan fingerprint density at radius 2 is 2.33 bits per heavy atom. The average Bonchev–Trinajstić information content (AvgIpc) is 2.64. The number of primary amides is 1. The van der Waals surface area contributed by atoms with E-state index in [0.717, 1.165) is 6.42 Å². The Bertz CT molecular complexity index is 244. The number of carbonyl (C=O) groups excluding carboxylic acids is 2. The monoisotopic (exact) mass is 216 g/mol. The lowest BCUT2D eigenvalue weighted by atomic mass is 9.99. The molecule has 6 nitrogen and oxygen atoms in total. The molecule has 0 aromatic heterocycles. The van der Waals surface area contributed by atoms with Crippen molar-refractivity contribution in [3.8, 4) is 0 Å². The third-order valence-electron chi connectivity index (χ3n) is 2.34. The Hall–Kier alpha value is -1.14. The molecule has 0 bridgehead atoms. The zero-order chi connectivity index (χ0) is 11.3. The summed E-state index contributed by atoms with van der Waals surface area (Å²) in [7, 11) is 0. The van der Waals surface area contributed by atoms with Crippen LogP contribution in [0.5, 0.6) is 0 Å². The lowest BCUT2D eigenvalue weighted by Gasteiger charge is -2.15. The molecule has 1 heterocycles. The first kappa shape index (κ1) is 11.9. The minimum Gasteiger partial charge on any atom is -0.377 e. The van der Waals surface area contributed by atoms with E-state index in [1.54, 1.807) is 0 Å². The molecule has 86 valence electrons. The first-order valence-corrected chi connectivity index (χ1v) is 4.96. The minimum atomic E-state index is -0.620. The Morgan fingerprint density at radius 3 is 2.93 bits per heavy atom. The molecule has 0 saturated carbocycles. The topological polar surface area (TPSA) is 90.7 Å². The molecule has 1 rings (SSSR count). The molecule has 0 aromatic rings. The van der Waals surface area contributed by atoms with Crippen LogP contribution >= 0.6 is 0 Å². The lowest BCUT2D eigenvalue weighted by molar-refractivity contribution is -0.142. The van der Waals surface area contributed by atoms with E-state index in [4.69, 9.17) is 10.5 Å². The number of carbonyl (C=O) groups is 2. The van der Waals surface area contributed by atoms with Gasteiger partial charge in [-0.05, 0) is 12.8 Å². The van der Waals surface area contributed by atoms with Crippen molar-refractivity contribution in [3.05, 3.63) is 0 Å². The van der Waals surface area contributed by atoms with Crippen LogP contribution in [-0.4, -0.2) is 31.1 Å². The standard InChI is InChI=1S/C9H16N2O4/c1-2-7-6(3-4-14-7)9(13)11-15-5-8(10)12/h6-7H,2-5H2,1H3,(H2,10,12)(H,11,13). The minimum absolute atomic E-state index is 0.0535. The first-order chi connectivity index (χ1) is 7.15. The summed E-state index contributed by atoms with van der Waals surface area (Å²) in [5, 5.41) is 0. The van der Waals surface area contributed by atoms with Crippen LogP contribution < -0.4 is 11.2 Å². The number of hydrogen-bond acceptors (Lipinski definition) is 4. The van der Waals surface area contributed by atoms with Gasteiger partial charge in [0.25, 0.3) is 0 Å². The van der Waals surface area contributed by atoms with Crippen LogP contribution in [0, 0.1) is 5.92 Å². The Kier molecular flexibility index (Phi) is 4.51. The van der Waals surface area contributed by atoms with Gasteiger partial charge in [-0.1, -0.05) is 6.92 Å². The number of hydrogen-bond donors (Lipinski definition) is 2. The largest absolute Gasteiger partial charge is 0.377 e. The van der Waals surface area contributed by atoms with Crippen LogP contribution in [0.25, 0.3) is 0 Å². The second-order valence-electron chi connectivity index (χ2n) is 3.43. The molecule has 1 aliphatic rings. The van der Waals surface area contributed by atoms with Crippen molar-refractivity contribution >= 4 is 11.8 Å². The molecular weight excluding hydrogens is 200 g/mol. The molecule has 2 amide bonds. The maximum atomic E-state index is 11.5. The SMILES string of the molecule is CCC1OCCC1C(=O)NOCC(N)=O. The van der Waals surface area contributed by atoms with Gasteiger partial charge in [0.1, 0.15) is 0 Å². The highest BCUT2D eigenvalue weighted by Gasteiger charge is 2.32. The highest BCUT2D eigenvalue weighted by Crippen LogP contribution is 2.23. The summed E-state index contributed by atoms with van der Waals surface area (Å²) in [6, 6.07) is 0. The zero-order valence-electron chi connectivity index (χ0n) is 8.69. The number of nitrogens with two attached hydrogens (primary N) is 1. The lowest BCUT2D eigenvalue weighted by Crippen LogP contribution is -2.37. The molecule has 1 saturated heterocycles. The van der Waals surface area contributed by atoms with Gasteiger partial charge in [-0.3, -0.25) is 14.4 Å². The maximum absolute atomic E-state index is 11.5. The van der Waals surface area contributed by atoms with Gasteiger partial charge in [0.05, 0.1) is 12.0 Å². The van der Waals surface area contributed by atoms with Gasteiger partial charge >= 0.3 is 0 Å². The molecule has 0 aliphatic carbocycles. The highest BCUT2D eigenvalue weighted by atomic mass is 16.7. The van der Waals surface area contributed by atoms with Crippen LogP contribution in [-0.2, 0) is 19.2 Å². The van der Waals surface area contributed by atoms with Gasteiger partial charge < -0.3 is 10.5 Å². The zero-order valence-corrected chi connectivity index (χ0v) is 8.69. The summed E-state index contributed by atoms with van der Waals surface area (Å²) in [6.07, 6.45) is 1.42. The van der Waals surface area contributed by atoms with Gasteiger partial charge in [-0.15, -0.1) is 0 Å². The van der Waals surface area contributed by atoms with Crippen LogP contribution in [0.15, 0.2) is 0 Å². The predicted molar refractivity (Wildman–Crippen MR) is 51.4 cm³/mol. The van der Waals surface area contributed by atoms with E-state index >= 15 is 0 Å². The van der Waals surface area contributed by atoms with Crippen molar-refractivity contribution < 1.29 is 19.2 Å². The number of nitrogens with one attached hydrogen (secondary N) is 1. The second kappa shape index (κ2) is 5.67. The number of amides is 2. The molecule has 1 fully saturated rings. The smallest absolute Gasteiger partial charge is 0.249 e. The van der Waals surface area contributed by atoms with E-state index < -0.39 is 5.91 Å². The Balaban J connectivity index is 2.29. The highest BCUT2D eigenvalue weighted by molar-refractivity contribution is 5.79. The number of rotatable bonds is 5. The Labute approximate surface area is 88.0 Å². The molecule has 0 spiro atoms. The van der Waals surface area contributed by atoms with Gasteiger partial charge in [-0.2, -0.15) is 0 Å². The summed E-state index contributed by atoms with van der Waals surface area (Å²) in [6.45, 7) is 2.24. The van der Waals surface area contributed by atoms with Crippen molar-refractivity contribution in [1.82, 2.24) is 5.48 Å². The second-order valence-corrected chi connectivity index (χ2v) is 3.43. The first-order valence-electron chi connectivity index (χ1n) is 4.96. The van der Waals surface area contributed by atoms with Crippen molar-refractivity contribution in [2.45, 2.75) is 25.9 Å². The van der Waals surface area contributed by atoms with Gasteiger partial charge in [0, 0.05) is 6.61 Å². The van der Waals surface area contributed by atoms with E-state index in [9.17, 15) is 9.59 Å². The summed E-state index contributed by atoms with van der Waals surface area (Å²) in [5.41, 5.74) is 7.05. The van der Waals surface area contributed by atoms with Crippen molar-refractivity contribution in [2.75, 3.05) is 13.2 Å². The summed E-state index contributed by atoms with van der Waals surface area (Å²) >= 11 is 0. The molecule has 2 unspecified atom stereocenters. The predicted octanol–water partition coefficient (Wildman–Crippen LogP) is -0.665. The number of ether oxygens (including phenoxy) is 1. The van der Waals surface area contributed by atoms with E-state index in [-0.39, 0.29) is 24.5 Å². The van der Waals surface area contributed by atoms with Gasteiger partial charge in [0.15, 0.2) is 6.61 Å². The summed E-state index contributed by atoms with van der Waals surface area (Å²) < 4.78 is 5.36. The normalized spacial score (nSPS) is 25.1. The molecule has 1 aliphatic heterocycles. The molecule has 0 aromatic carbocycles. The molecule has 3 N–H and O–H groups in total. The molecule has 15 heavy (non-hydrogen) atoms. The Morgan fingerprint density at radius 1 is 1.60 bits per heavy atom. The van der Waals surface area contributed by atoms with Crippen LogP contribution in [0.1, 0.15) is 19.8 Å². The van der Waals surface area contributed by atoms with Crippen LogP contribution in [0.3, 0.4) is 0 Å². The van der Waals surface area contributed by atoms with Gasteiger partial charge in [-0.25, -0.2) is 5.48 Å². The average molecular weight is 216 g/mol. The van der Waals surface area contributed by atoms with E-state index in [2.05, 4.69) is 10.3 Å². The quantitative estimate of drug-likeness (QED) is 0.596.